The number of aliphatic carboxylic acids is 1. The van der Waals surface area contributed by atoms with Crippen molar-refractivity contribution in [1.82, 2.24) is 5.32 Å². The highest BCUT2D eigenvalue weighted by Gasteiger charge is 2.35. The highest BCUT2D eigenvalue weighted by molar-refractivity contribution is 5.86. The molecule has 1 amide bonds. The lowest BCUT2D eigenvalue weighted by Gasteiger charge is -2.29. The van der Waals surface area contributed by atoms with Crippen LogP contribution in [0.2, 0.25) is 0 Å². The molecule has 5 nitrogen and oxygen atoms in total. The summed E-state index contributed by atoms with van der Waals surface area (Å²) < 4.78 is 4.88. The van der Waals surface area contributed by atoms with E-state index in [0.717, 1.165) is 19.3 Å². The molecule has 19 heavy (non-hydrogen) atoms. The highest BCUT2D eigenvalue weighted by Crippen LogP contribution is 2.30. The average molecular weight is 271 g/mol. The fourth-order valence-corrected chi connectivity index (χ4v) is 2.81. The van der Waals surface area contributed by atoms with Crippen molar-refractivity contribution < 1.29 is 19.4 Å². The lowest BCUT2D eigenvalue weighted by molar-refractivity contribution is -0.149. The van der Waals surface area contributed by atoms with Gasteiger partial charge < -0.3 is 15.2 Å². The molecule has 0 saturated heterocycles. The van der Waals surface area contributed by atoms with Crippen LogP contribution in [0.25, 0.3) is 0 Å². The minimum absolute atomic E-state index is 0.0326. The van der Waals surface area contributed by atoms with Crippen molar-refractivity contribution in [3.05, 3.63) is 0 Å². The van der Waals surface area contributed by atoms with Gasteiger partial charge in [0.15, 0.2) is 5.54 Å². The van der Waals surface area contributed by atoms with Gasteiger partial charge in [0.05, 0.1) is 6.61 Å². The van der Waals surface area contributed by atoms with Crippen molar-refractivity contribution in [3.63, 3.8) is 0 Å². The maximum atomic E-state index is 12.0. The molecule has 5 heteroatoms. The molecule has 0 bridgehead atoms. The maximum Gasteiger partial charge on any atom is 0.331 e. The second-order valence-electron chi connectivity index (χ2n) is 5.96. The zero-order valence-electron chi connectivity index (χ0n) is 12.1. The molecule has 1 fully saturated rings. The third kappa shape index (κ3) is 4.82. The van der Waals surface area contributed by atoms with E-state index in [4.69, 9.17) is 9.84 Å². The second kappa shape index (κ2) is 6.89. The lowest BCUT2D eigenvalue weighted by Crippen LogP contribution is -2.55. The molecule has 0 aliphatic heterocycles. The topological polar surface area (TPSA) is 75.6 Å². The summed E-state index contributed by atoms with van der Waals surface area (Å²) in [6.45, 7) is 3.64. The van der Waals surface area contributed by atoms with E-state index in [9.17, 15) is 9.59 Å². The number of hydrogen-bond acceptors (Lipinski definition) is 3. The van der Waals surface area contributed by atoms with E-state index < -0.39 is 11.5 Å². The number of carbonyl (C=O) groups is 2. The normalized spacial score (nSPS) is 26.5. The van der Waals surface area contributed by atoms with Gasteiger partial charge in [-0.05, 0) is 31.6 Å². The van der Waals surface area contributed by atoms with Crippen LogP contribution >= 0.6 is 0 Å². The summed E-state index contributed by atoms with van der Waals surface area (Å²) in [5.41, 5.74) is -1.34. The molecule has 2 N–H and O–H groups in total. The van der Waals surface area contributed by atoms with Crippen LogP contribution in [0.3, 0.4) is 0 Å². The lowest BCUT2D eigenvalue weighted by atomic mass is 9.80. The molecular formula is C14H25NO4. The van der Waals surface area contributed by atoms with Crippen molar-refractivity contribution in [2.75, 3.05) is 13.7 Å². The first-order chi connectivity index (χ1) is 8.87. The van der Waals surface area contributed by atoms with Gasteiger partial charge in [-0.3, -0.25) is 4.79 Å². The van der Waals surface area contributed by atoms with Gasteiger partial charge in [-0.25, -0.2) is 4.79 Å². The van der Waals surface area contributed by atoms with E-state index in [1.165, 1.54) is 20.5 Å². The number of nitrogens with one attached hydrogen (secondary N) is 1. The van der Waals surface area contributed by atoms with Crippen molar-refractivity contribution in [1.29, 1.82) is 0 Å². The predicted molar refractivity (Wildman–Crippen MR) is 71.8 cm³/mol. The van der Waals surface area contributed by atoms with Crippen LogP contribution in [0.4, 0.5) is 0 Å². The number of carbonyl (C=O) groups excluding carboxylic acids is 1. The maximum absolute atomic E-state index is 12.0. The number of carboxylic acids is 1. The van der Waals surface area contributed by atoms with Gasteiger partial charge in [0.2, 0.25) is 5.91 Å². The van der Waals surface area contributed by atoms with Crippen molar-refractivity contribution >= 4 is 11.9 Å². The monoisotopic (exact) mass is 271 g/mol. The summed E-state index contributed by atoms with van der Waals surface area (Å²) in [5.74, 6) is -0.221. The van der Waals surface area contributed by atoms with E-state index in [1.807, 2.05) is 0 Å². The van der Waals surface area contributed by atoms with Gasteiger partial charge in [0.1, 0.15) is 0 Å². The number of ether oxygens (including phenoxy) is 1. The third-order valence-corrected chi connectivity index (χ3v) is 3.84. The number of rotatable bonds is 6. The Labute approximate surface area is 114 Å². The Morgan fingerprint density at radius 3 is 2.63 bits per heavy atom. The molecule has 0 heterocycles. The van der Waals surface area contributed by atoms with Gasteiger partial charge >= 0.3 is 5.97 Å². The third-order valence-electron chi connectivity index (χ3n) is 3.84. The Hall–Kier alpha value is -1.10. The first kappa shape index (κ1) is 16.0. The fourth-order valence-electron chi connectivity index (χ4n) is 2.81. The summed E-state index contributed by atoms with van der Waals surface area (Å²) in [5, 5.41) is 11.8. The zero-order chi connectivity index (χ0) is 14.5. The van der Waals surface area contributed by atoms with Gasteiger partial charge in [0.25, 0.3) is 0 Å². The highest BCUT2D eigenvalue weighted by atomic mass is 16.5. The molecule has 1 rings (SSSR count). The van der Waals surface area contributed by atoms with Crippen LogP contribution in [-0.2, 0) is 14.3 Å². The summed E-state index contributed by atoms with van der Waals surface area (Å²) in [7, 11) is 1.43. The standard InChI is InChI=1S/C14H25NO4/c1-10-5-4-6-11(7-10)8-12(16)15-14(2,9-19-3)13(17)18/h10-11H,4-9H2,1-3H3,(H,15,16)(H,17,18). The molecule has 1 aliphatic carbocycles. The smallest absolute Gasteiger partial charge is 0.331 e. The Morgan fingerprint density at radius 2 is 2.11 bits per heavy atom. The van der Waals surface area contributed by atoms with Crippen LogP contribution in [0.1, 0.15) is 46.0 Å². The Morgan fingerprint density at radius 1 is 1.42 bits per heavy atom. The molecule has 3 unspecified atom stereocenters. The minimum Gasteiger partial charge on any atom is -0.479 e. The summed E-state index contributed by atoms with van der Waals surface area (Å²) >= 11 is 0. The van der Waals surface area contributed by atoms with Gasteiger partial charge in [-0.1, -0.05) is 19.8 Å². The quantitative estimate of drug-likeness (QED) is 0.772. The Kier molecular flexibility index (Phi) is 5.79. The van der Waals surface area contributed by atoms with E-state index in [-0.39, 0.29) is 12.5 Å². The average Bonchev–Trinajstić information content (AvgIpc) is 2.28. The van der Waals surface area contributed by atoms with Crippen molar-refractivity contribution in [2.24, 2.45) is 11.8 Å². The zero-order valence-corrected chi connectivity index (χ0v) is 12.1. The largest absolute Gasteiger partial charge is 0.479 e. The van der Waals surface area contributed by atoms with E-state index in [1.54, 1.807) is 0 Å². The Bertz CT molecular complexity index is 331. The van der Waals surface area contributed by atoms with Gasteiger partial charge in [-0.2, -0.15) is 0 Å². The fraction of sp³-hybridized carbons (Fsp3) is 0.857. The van der Waals surface area contributed by atoms with Crippen LogP contribution in [-0.4, -0.2) is 36.2 Å². The van der Waals surface area contributed by atoms with Gasteiger partial charge in [0, 0.05) is 13.5 Å². The van der Waals surface area contributed by atoms with E-state index in [0.29, 0.717) is 18.3 Å². The van der Waals surface area contributed by atoms with Crippen LogP contribution in [0, 0.1) is 11.8 Å². The first-order valence-electron chi connectivity index (χ1n) is 6.90. The molecule has 0 aromatic rings. The summed E-state index contributed by atoms with van der Waals surface area (Å²) in [6, 6.07) is 0. The number of methoxy groups -OCH3 is 1. The van der Waals surface area contributed by atoms with E-state index in [2.05, 4.69) is 12.2 Å². The number of amides is 1. The molecule has 110 valence electrons. The number of carboxylic acid groups (broad SMARTS) is 1. The van der Waals surface area contributed by atoms with Crippen LogP contribution in [0.15, 0.2) is 0 Å². The van der Waals surface area contributed by atoms with Gasteiger partial charge in [-0.15, -0.1) is 0 Å². The van der Waals surface area contributed by atoms with Crippen LogP contribution in [0.5, 0.6) is 0 Å². The second-order valence-corrected chi connectivity index (χ2v) is 5.96. The summed E-state index contributed by atoms with van der Waals surface area (Å²) in [4.78, 5) is 23.2. The molecule has 0 spiro atoms. The molecule has 1 aliphatic rings. The van der Waals surface area contributed by atoms with Crippen molar-refractivity contribution in [2.45, 2.75) is 51.5 Å². The predicted octanol–water partition coefficient (Wildman–Crippen LogP) is 1.81. The molecule has 3 atom stereocenters. The number of hydrogen-bond donors (Lipinski definition) is 2. The molecule has 1 saturated carbocycles. The summed E-state index contributed by atoms with van der Waals surface area (Å²) in [6.07, 6.45) is 4.92. The molecular weight excluding hydrogens is 246 g/mol. The Balaban J connectivity index is 2.50. The molecule has 0 aromatic carbocycles. The first-order valence-corrected chi connectivity index (χ1v) is 6.90. The molecule has 0 radical (unpaired) electrons. The van der Waals surface area contributed by atoms with Crippen molar-refractivity contribution in [3.8, 4) is 0 Å². The van der Waals surface area contributed by atoms with Crippen LogP contribution < -0.4 is 5.32 Å². The molecule has 0 aromatic heterocycles. The minimum atomic E-state index is -1.34. The van der Waals surface area contributed by atoms with E-state index >= 15 is 0 Å². The SMILES string of the molecule is COCC(C)(NC(=O)CC1CCCC(C)C1)C(=O)O.